The average Bonchev–Trinajstić information content (AvgIpc) is 2.49. The lowest BCUT2D eigenvalue weighted by molar-refractivity contribution is 0.293. The Kier molecular flexibility index (Phi) is 6.20. The van der Waals surface area contributed by atoms with Crippen molar-refractivity contribution in [1.29, 1.82) is 0 Å². The van der Waals surface area contributed by atoms with Crippen molar-refractivity contribution in [1.82, 2.24) is 15.0 Å². The van der Waals surface area contributed by atoms with E-state index in [0.29, 0.717) is 18.4 Å². The molecule has 0 aliphatic heterocycles. The van der Waals surface area contributed by atoms with Crippen LogP contribution in [0.1, 0.15) is 42.6 Å². The lowest BCUT2D eigenvalue weighted by Gasteiger charge is -2.18. The number of hydrogen-bond donors (Lipinski definition) is 2. The first-order valence-electron chi connectivity index (χ1n) is 8.00. The second-order valence-electron chi connectivity index (χ2n) is 5.88. The van der Waals surface area contributed by atoms with E-state index in [1.54, 1.807) is 6.92 Å². The number of anilines is 2. The van der Waals surface area contributed by atoms with Crippen LogP contribution in [-0.2, 0) is 0 Å². The van der Waals surface area contributed by atoms with Crippen molar-refractivity contribution in [3.63, 3.8) is 0 Å². The Morgan fingerprint density at radius 1 is 1.17 bits per heavy atom. The number of nitrogens with zero attached hydrogens (tertiary/aromatic N) is 3. The molecular weight excluding hydrogens is 326 g/mol. The van der Waals surface area contributed by atoms with Gasteiger partial charge >= 0.3 is 0 Å². The molecule has 0 amide bonds. The van der Waals surface area contributed by atoms with Crippen LogP contribution in [0.25, 0.3) is 0 Å². The maximum Gasteiger partial charge on any atom is 0.228 e. The van der Waals surface area contributed by atoms with Crippen LogP contribution in [0.2, 0.25) is 0 Å². The van der Waals surface area contributed by atoms with Crippen LogP contribution in [0, 0.1) is 13.8 Å². The first-order valence-corrected chi connectivity index (χ1v) is 8.44. The second-order valence-corrected chi connectivity index (χ2v) is 6.53. The first-order chi connectivity index (χ1) is 11.4. The minimum Gasteiger partial charge on any atom is -0.491 e. The molecule has 0 saturated carbocycles. The number of ether oxygens (including phenoxy) is 1. The third-order valence-corrected chi connectivity index (χ3v) is 3.69. The SMILES string of the molecule is CCC(COc1cc(C)cc(C)c1)Nc1nc(N)nc([C@H](C)Cl)n1. The molecule has 0 aliphatic carbocycles. The van der Waals surface area contributed by atoms with Crippen LogP contribution in [-0.4, -0.2) is 27.6 Å². The van der Waals surface area contributed by atoms with Gasteiger partial charge < -0.3 is 15.8 Å². The van der Waals surface area contributed by atoms with E-state index < -0.39 is 0 Å². The summed E-state index contributed by atoms with van der Waals surface area (Å²) in [5, 5.41) is 2.91. The van der Waals surface area contributed by atoms with E-state index in [1.165, 1.54) is 11.1 Å². The summed E-state index contributed by atoms with van der Waals surface area (Å²) in [5.74, 6) is 1.88. The molecule has 0 aliphatic rings. The number of aryl methyl sites for hydroxylation is 2. The largest absolute Gasteiger partial charge is 0.491 e. The number of alkyl halides is 1. The Bertz CT molecular complexity index is 672. The van der Waals surface area contributed by atoms with Gasteiger partial charge in [0.05, 0.1) is 11.4 Å². The number of rotatable bonds is 7. The van der Waals surface area contributed by atoms with E-state index in [0.717, 1.165) is 12.2 Å². The van der Waals surface area contributed by atoms with Crippen molar-refractivity contribution in [2.24, 2.45) is 0 Å². The summed E-state index contributed by atoms with van der Waals surface area (Å²) in [6.45, 7) is 8.46. The highest BCUT2D eigenvalue weighted by Gasteiger charge is 2.13. The topological polar surface area (TPSA) is 86.0 Å². The lowest BCUT2D eigenvalue weighted by Crippen LogP contribution is -2.28. The number of nitrogen functional groups attached to an aromatic ring is 1. The number of aromatic nitrogens is 3. The van der Waals surface area contributed by atoms with E-state index in [9.17, 15) is 0 Å². The van der Waals surface area contributed by atoms with E-state index in [2.05, 4.69) is 47.1 Å². The monoisotopic (exact) mass is 349 g/mol. The predicted molar refractivity (Wildman–Crippen MR) is 97.6 cm³/mol. The Morgan fingerprint density at radius 2 is 1.83 bits per heavy atom. The fraction of sp³-hybridized carbons (Fsp3) is 0.471. The molecule has 3 N–H and O–H groups in total. The summed E-state index contributed by atoms with van der Waals surface area (Å²) in [5.41, 5.74) is 8.08. The van der Waals surface area contributed by atoms with Gasteiger partial charge in [0, 0.05) is 0 Å². The Morgan fingerprint density at radius 3 is 2.42 bits per heavy atom. The smallest absolute Gasteiger partial charge is 0.228 e. The van der Waals surface area contributed by atoms with Gasteiger partial charge in [-0.25, -0.2) is 0 Å². The molecule has 0 radical (unpaired) electrons. The maximum atomic E-state index is 6.03. The molecule has 2 atom stereocenters. The van der Waals surface area contributed by atoms with Gasteiger partial charge in [0.2, 0.25) is 11.9 Å². The van der Waals surface area contributed by atoms with E-state index in [-0.39, 0.29) is 17.4 Å². The first kappa shape index (κ1) is 18.3. The van der Waals surface area contributed by atoms with Crippen LogP contribution in [0.3, 0.4) is 0 Å². The Balaban J connectivity index is 2.04. The molecule has 0 spiro atoms. The average molecular weight is 350 g/mol. The normalized spacial score (nSPS) is 13.4. The fourth-order valence-corrected chi connectivity index (χ4v) is 2.41. The van der Waals surface area contributed by atoms with E-state index >= 15 is 0 Å². The summed E-state index contributed by atoms with van der Waals surface area (Å²) in [6, 6.07) is 6.21. The predicted octanol–water partition coefficient (Wildman–Crippen LogP) is 3.64. The van der Waals surface area contributed by atoms with Crippen molar-refractivity contribution in [2.75, 3.05) is 17.7 Å². The quantitative estimate of drug-likeness (QED) is 0.742. The molecule has 0 saturated heterocycles. The number of hydrogen-bond acceptors (Lipinski definition) is 6. The summed E-state index contributed by atoms with van der Waals surface area (Å²) in [7, 11) is 0. The van der Waals surface area contributed by atoms with E-state index in [1.807, 2.05) is 12.1 Å². The van der Waals surface area contributed by atoms with Gasteiger partial charge in [-0.15, -0.1) is 11.6 Å². The van der Waals surface area contributed by atoms with Gasteiger partial charge in [-0.3, -0.25) is 0 Å². The molecular formula is C17H24ClN5O. The van der Waals surface area contributed by atoms with Crippen LogP contribution in [0.15, 0.2) is 18.2 Å². The highest BCUT2D eigenvalue weighted by atomic mass is 35.5. The van der Waals surface area contributed by atoms with Crippen LogP contribution >= 0.6 is 11.6 Å². The van der Waals surface area contributed by atoms with Crippen molar-refractivity contribution < 1.29 is 4.74 Å². The number of halogens is 1. The summed E-state index contributed by atoms with van der Waals surface area (Å²) >= 11 is 6.03. The van der Waals surface area contributed by atoms with Gasteiger partial charge in [0.25, 0.3) is 0 Å². The van der Waals surface area contributed by atoms with Crippen molar-refractivity contribution in [3.05, 3.63) is 35.2 Å². The molecule has 0 fully saturated rings. The molecule has 1 aromatic heterocycles. The van der Waals surface area contributed by atoms with Gasteiger partial charge in [-0.05, 0) is 50.5 Å². The zero-order valence-corrected chi connectivity index (χ0v) is 15.3. The zero-order chi connectivity index (χ0) is 17.7. The van der Waals surface area contributed by atoms with Gasteiger partial charge in [-0.1, -0.05) is 13.0 Å². The molecule has 2 rings (SSSR count). The molecule has 1 aromatic carbocycles. The van der Waals surface area contributed by atoms with Gasteiger partial charge in [0.15, 0.2) is 5.82 Å². The van der Waals surface area contributed by atoms with Gasteiger partial charge in [0.1, 0.15) is 12.4 Å². The molecule has 24 heavy (non-hydrogen) atoms. The third kappa shape index (κ3) is 5.23. The summed E-state index contributed by atoms with van der Waals surface area (Å²) in [4.78, 5) is 12.5. The molecule has 6 nitrogen and oxygen atoms in total. The maximum absolute atomic E-state index is 6.03. The molecule has 0 bridgehead atoms. The standard InChI is InChI=1S/C17H24ClN5O/c1-5-13(9-24-14-7-10(2)6-11(3)8-14)20-17-22-15(12(4)18)21-16(19)23-17/h6-8,12-13H,5,9H2,1-4H3,(H3,19,20,21,22,23)/t12-,13?/m0/s1. The zero-order valence-electron chi connectivity index (χ0n) is 14.5. The minimum absolute atomic E-state index is 0.0473. The number of benzene rings is 1. The Hall–Kier alpha value is -2.08. The van der Waals surface area contributed by atoms with Crippen molar-refractivity contribution in [2.45, 2.75) is 45.5 Å². The highest BCUT2D eigenvalue weighted by molar-refractivity contribution is 6.20. The second kappa shape index (κ2) is 8.15. The third-order valence-electron chi connectivity index (χ3n) is 3.50. The Labute approximate surface area is 147 Å². The summed E-state index contributed by atoms with van der Waals surface area (Å²) in [6.07, 6.45) is 0.849. The van der Waals surface area contributed by atoms with Crippen LogP contribution in [0.5, 0.6) is 5.75 Å². The van der Waals surface area contributed by atoms with Crippen molar-refractivity contribution in [3.8, 4) is 5.75 Å². The molecule has 7 heteroatoms. The van der Waals surface area contributed by atoms with E-state index in [4.69, 9.17) is 22.1 Å². The number of nitrogens with one attached hydrogen (secondary N) is 1. The molecule has 1 heterocycles. The lowest BCUT2D eigenvalue weighted by atomic mass is 10.1. The minimum atomic E-state index is -0.331. The molecule has 130 valence electrons. The van der Waals surface area contributed by atoms with Crippen LogP contribution in [0.4, 0.5) is 11.9 Å². The van der Waals surface area contributed by atoms with Crippen molar-refractivity contribution >= 4 is 23.5 Å². The number of nitrogens with two attached hydrogens (primary N) is 1. The van der Waals surface area contributed by atoms with Gasteiger partial charge in [-0.2, -0.15) is 15.0 Å². The van der Waals surface area contributed by atoms with Crippen LogP contribution < -0.4 is 15.8 Å². The fourth-order valence-electron chi connectivity index (χ4n) is 2.31. The molecule has 1 unspecified atom stereocenters. The summed E-state index contributed by atoms with van der Waals surface area (Å²) < 4.78 is 5.91. The molecule has 2 aromatic rings. The highest BCUT2D eigenvalue weighted by Crippen LogP contribution is 2.19.